The molecule has 1 atom stereocenters. The van der Waals surface area contributed by atoms with Crippen LogP contribution in [0.25, 0.3) is 6.08 Å². The first kappa shape index (κ1) is 17.2. The Bertz CT molecular complexity index is 762. The normalized spacial score (nSPS) is 17.9. The lowest BCUT2D eigenvalue weighted by Gasteiger charge is -2.18. The third-order valence-electron chi connectivity index (χ3n) is 4.29. The zero-order valence-electron chi connectivity index (χ0n) is 13.9. The molecule has 1 heterocycles. The maximum atomic E-state index is 14.2. The fraction of sp³-hybridized carbons (Fsp3) is 0.250. The van der Waals surface area contributed by atoms with Gasteiger partial charge < -0.3 is 10.4 Å². The van der Waals surface area contributed by atoms with E-state index in [4.69, 9.17) is 5.11 Å². The number of rotatable bonds is 6. The van der Waals surface area contributed by atoms with Crippen LogP contribution in [-0.4, -0.2) is 35.1 Å². The topological polar surface area (TPSA) is 52.6 Å². The molecule has 0 aliphatic carbocycles. The molecule has 5 heteroatoms. The molecule has 1 saturated heterocycles. The van der Waals surface area contributed by atoms with Crippen LogP contribution in [0, 0.1) is 5.82 Å². The van der Waals surface area contributed by atoms with Crippen LogP contribution in [-0.2, 0) is 11.3 Å². The molecule has 1 fully saturated rings. The second-order valence-electron chi connectivity index (χ2n) is 6.26. The summed E-state index contributed by atoms with van der Waals surface area (Å²) in [7, 11) is 0. The summed E-state index contributed by atoms with van der Waals surface area (Å²) in [5.74, 6) is -1.42. The predicted octanol–water partition coefficient (Wildman–Crippen LogP) is 3.61. The third kappa shape index (κ3) is 4.90. The molecule has 1 aliphatic rings. The van der Waals surface area contributed by atoms with Crippen molar-refractivity contribution < 1.29 is 14.3 Å². The molecule has 0 saturated carbocycles. The van der Waals surface area contributed by atoms with Gasteiger partial charge in [0.25, 0.3) is 0 Å². The molecule has 0 aromatic heterocycles. The van der Waals surface area contributed by atoms with Gasteiger partial charge in [0, 0.05) is 31.8 Å². The number of carbonyl (C=O) groups is 1. The smallest absolute Gasteiger partial charge is 0.328 e. The maximum absolute atomic E-state index is 14.2. The van der Waals surface area contributed by atoms with Crippen molar-refractivity contribution in [1.82, 2.24) is 4.90 Å². The Labute approximate surface area is 146 Å². The number of anilines is 1. The highest BCUT2D eigenvalue weighted by Gasteiger charge is 2.23. The summed E-state index contributed by atoms with van der Waals surface area (Å²) in [6.45, 7) is 2.75. The number of hydrogen-bond acceptors (Lipinski definition) is 3. The summed E-state index contributed by atoms with van der Waals surface area (Å²) in [4.78, 5) is 12.9. The quantitative estimate of drug-likeness (QED) is 0.789. The summed E-state index contributed by atoms with van der Waals surface area (Å²) < 4.78 is 14.2. The van der Waals surface area contributed by atoms with Crippen LogP contribution in [0.2, 0.25) is 0 Å². The van der Waals surface area contributed by atoms with Gasteiger partial charge in [-0.1, -0.05) is 36.4 Å². The first-order valence-corrected chi connectivity index (χ1v) is 8.33. The average molecular weight is 340 g/mol. The van der Waals surface area contributed by atoms with Crippen molar-refractivity contribution in [3.8, 4) is 0 Å². The maximum Gasteiger partial charge on any atom is 0.328 e. The second kappa shape index (κ2) is 7.94. The SMILES string of the molecule is O=C(O)/C=C/c1ccc(N[C@@H]2CCN(Cc3ccccc3)C2)c(F)c1. The van der Waals surface area contributed by atoms with E-state index >= 15 is 0 Å². The summed E-state index contributed by atoms with van der Waals surface area (Å²) in [5.41, 5.74) is 2.27. The Morgan fingerprint density at radius 2 is 2.08 bits per heavy atom. The van der Waals surface area contributed by atoms with Crippen LogP contribution in [0.4, 0.5) is 10.1 Å². The number of carboxylic acid groups (broad SMARTS) is 1. The summed E-state index contributed by atoms with van der Waals surface area (Å²) in [5, 5.41) is 11.9. The molecule has 130 valence electrons. The van der Waals surface area contributed by atoms with Gasteiger partial charge >= 0.3 is 5.97 Å². The highest BCUT2D eigenvalue weighted by molar-refractivity contribution is 5.85. The van der Waals surface area contributed by atoms with E-state index in [9.17, 15) is 9.18 Å². The van der Waals surface area contributed by atoms with Crippen LogP contribution in [0.15, 0.2) is 54.6 Å². The third-order valence-corrected chi connectivity index (χ3v) is 4.29. The fourth-order valence-corrected chi connectivity index (χ4v) is 3.08. The molecule has 4 nitrogen and oxygen atoms in total. The number of carboxylic acids is 1. The van der Waals surface area contributed by atoms with E-state index in [2.05, 4.69) is 22.3 Å². The molecule has 0 unspecified atom stereocenters. The number of aliphatic carboxylic acids is 1. The van der Waals surface area contributed by atoms with Gasteiger partial charge in [0.05, 0.1) is 5.69 Å². The molecule has 25 heavy (non-hydrogen) atoms. The van der Waals surface area contributed by atoms with Crippen molar-refractivity contribution in [2.75, 3.05) is 18.4 Å². The van der Waals surface area contributed by atoms with Crippen molar-refractivity contribution in [1.29, 1.82) is 0 Å². The molecule has 2 aromatic rings. The van der Waals surface area contributed by atoms with Crippen LogP contribution < -0.4 is 5.32 Å². The van der Waals surface area contributed by atoms with Crippen LogP contribution in [0.5, 0.6) is 0 Å². The minimum atomic E-state index is -1.05. The van der Waals surface area contributed by atoms with Crippen molar-refractivity contribution in [3.63, 3.8) is 0 Å². The first-order valence-electron chi connectivity index (χ1n) is 8.33. The molecular weight excluding hydrogens is 319 g/mol. The minimum absolute atomic E-state index is 0.207. The molecule has 2 aromatic carbocycles. The van der Waals surface area contributed by atoms with E-state index in [1.165, 1.54) is 17.7 Å². The number of nitrogens with one attached hydrogen (secondary N) is 1. The van der Waals surface area contributed by atoms with E-state index in [-0.39, 0.29) is 11.9 Å². The number of nitrogens with zero attached hydrogens (tertiary/aromatic N) is 1. The second-order valence-corrected chi connectivity index (χ2v) is 6.26. The van der Waals surface area contributed by atoms with E-state index in [0.717, 1.165) is 32.1 Å². The molecular formula is C20H21FN2O2. The first-order chi connectivity index (χ1) is 12.1. The molecule has 0 radical (unpaired) electrons. The fourth-order valence-electron chi connectivity index (χ4n) is 3.08. The molecule has 3 rings (SSSR count). The van der Waals surface area contributed by atoms with Gasteiger partial charge in [-0.05, 0) is 35.8 Å². The molecule has 0 amide bonds. The van der Waals surface area contributed by atoms with Crippen molar-refractivity contribution in [3.05, 3.63) is 71.6 Å². The van der Waals surface area contributed by atoms with Crippen molar-refractivity contribution in [2.45, 2.75) is 19.0 Å². The molecule has 1 aliphatic heterocycles. The standard InChI is InChI=1S/C20H21FN2O2/c21-18-12-15(7-9-20(24)25)6-8-19(18)22-17-10-11-23(14-17)13-16-4-2-1-3-5-16/h1-9,12,17,22H,10-11,13-14H2,(H,24,25)/b9-7+/t17-/m1/s1. The number of likely N-dealkylation sites (tertiary alicyclic amines) is 1. The molecule has 0 spiro atoms. The van der Waals surface area contributed by atoms with Gasteiger partial charge in [0.1, 0.15) is 5.82 Å². The largest absolute Gasteiger partial charge is 0.478 e. The van der Waals surface area contributed by atoms with Gasteiger partial charge in [0.2, 0.25) is 0 Å². The van der Waals surface area contributed by atoms with Crippen LogP contribution >= 0.6 is 0 Å². The van der Waals surface area contributed by atoms with Crippen molar-refractivity contribution in [2.24, 2.45) is 0 Å². The van der Waals surface area contributed by atoms with E-state index in [1.54, 1.807) is 12.1 Å². The van der Waals surface area contributed by atoms with Gasteiger partial charge in [-0.2, -0.15) is 0 Å². The monoisotopic (exact) mass is 340 g/mol. The zero-order valence-corrected chi connectivity index (χ0v) is 13.9. The van der Waals surface area contributed by atoms with E-state index in [1.807, 2.05) is 18.2 Å². The lowest BCUT2D eigenvalue weighted by Crippen LogP contribution is -2.26. The molecule has 0 bridgehead atoms. The summed E-state index contributed by atoms with van der Waals surface area (Å²) in [6, 6.07) is 15.2. The van der Waals surface area contributed by atoms with E-state index in [0.29, 0.717) is 11.3 Å². The van der Waals surface area contributed by atoms with Gasteiger partial charge in [-0.25, -0.2) is 9.18 Å². The lowest BCUT2D eigenvalue weighted by atomic mass is 10.1. The van der Waals surface area contributed by atoms with Crippen molar-refractivity contribution >= 4 is 17.7 Å². The van der Waals surface area contributed by atoms with Gasteiger partial charge in [0.15, 0.2) is 0 Å². The van der Waals surface area contributed by atoms with Gasteiger partial charge in [-0.15, -0.1) is 0 Å². The van der Waals surface area contributed by atoms with Crippen LogP contribution in [0.1, 0.15) is 17.5 Å². The Balaban J connectivity index is 1.57. The lowest BCUT2D eigenvalue weighted by molar-refractivity contribution is -0.131. The molecule has 2 N–H and O–H groups in total. The average Bonchev–Trinajstić information content (AvgIpc) is 3.03. The Morgan fingerprint density at radius 3 is 2.80 bits per heavy atom. The Hall–Kier alpha value is -2.66. The number of hydrogen-bond donors (Lipinski definition) is 2. The van der Waals surface area contributed by atoms with E-state index < -0.39 is 5.97 Å². The summed E-state index contributed by atoms with van der Waals surface area (Å²) in [6.07, 6.45) is 3.35. The highest BCUT2D eigenvalue weighted by atomic mass is 19.1. The number of halogens is 1. The summed E-state index contributed by atoms with van der Waals surface area (Å²) >= 11 is 0. The van der Waals surface area contributed by atoms with Crippen LogP contribution in [0.3, 0.4) is 0 Å². The zero-order chi connectivity index (χ0) is 17.6. The number of benzene rings is 2. The Kier molecular flexibility index (Phi) is 5.46. The Morgan fingerprint density at radius 1 is 1.28 bits per heavy atom. The highest BCUT2D eigenvalue weighted by Crippen LogP contribution is 2.21. The van der Waals surface area contributed by atoms with Gasteiger partial charge in [-0.3, -0.25) is 4.90 Å². The minimum Gasteiger partial charge on any atom is -0.478 e. The predicted molar refractivity (Wildman–Crippen MR) is 96.8 cm³/mol.